The van der Waals surface area contributed by atoms with Crippen LogP contribution < -0.4 is 5.32 Å². The van der Waals surface area contributed by atoms with Crippen molar-refractivity contribution < 1.29 is 4.42 Å². The fraction of sp³-hybridized carbons (Fsp3) is 0.500. The Bertz CT molecular complexity index is 501. The van der Waals surface area contributed by atoms with Gasteiger partial charge in [-0.2, -0.15) is 0 Å². The summed E-state index contributed by atoms with van der Waals surface area (Å²) in [5.41, 5.74) is 2.40. The zero-order valence-electron chi connectivity index (χ0n) is 11.6. The predicted octanol–water partition coefficient (Wildman–Crippen LogP) is 4.45. The zero-order chi connectivity index (χ0) is 13.0. The first-order valence-corrected chi connectivity index (χ1v) is 6.97. The van der Waals surface area contributed by atoms with E-state index in [0.29, 0.717) is 5.92 Å². The second-order valence-electron chi connectivity index (χ2n) is 5.00. The quantitative estimate of drug-likeness (QED) is 0.761. The van der Waals surface area contributed by atoms with Crippen molar-refractivity contribution in [1.82, 2.24) is 5.32 Å². The smallest absolute Gasteiger partial charge is 0.134 e. The van der Waals surface area contributed by atoms with E-state index in [2.05, 4.69) is 50.4 Å². The first-order chi connectivity index (χ1) is 8.74. The molecule has 2 heteroatoms. The average Bonchev–Trinajstić information content (AvgIpc) is 2.79. The summed E-state index contributed by atoms with van der Waals surface area (Å²) in [6, 6.07) is 8.70. The minimum Gasteiger partial charge on any atom is -0.460 e. The van der Waals surface area contributed by atoms with Gasteiger partial charge in [-0.05, 0) is 49.1 Å². The standard InChI is InChI=1S/C16H23NO/c1-4-8-17-11-15-10-14-9-13(12(3)5-2)6-7-16(14)18-15/h6-7,9-10,12,17H,4-5,8,11H2,1-3H3. The molecule has 0 fully saturated rings. The molecule has 98 valence electrons. The van der Waals surface area contributed by atoms with Crippen LogP contribution in [-0.4, -0.2) is 6.54 Å². The van der Waals surface area contributed by atoms with E-state index in [0.717, 1.165) is 30.9 Å². The highest BCUT2D eigenvalue weighted by molar-refractivity contribution is 5.78. The molecule has 0 bridgehead atoms. The van der Waals surface area contributed by atoms with E-state index in [1.807, 2.05) is 0 Å². The highest BCUT2D eigenvalue weighted by Crippen LogP contribution is 2.25. The van der Waals surface area contributed by atoms with Crippen LogP contribution in [0, 0.1) is 0 Å². The molecule has 0 aliphatic heterocycles. The summed E-state index contributed by atoms with van der Waals surface area (Å²) in [7, 11) is 0. The second-order valence-corrected chi connectivity index (χ2v) is 5.00. The van der Waals surface area contributed by atoms with Gasteiger partial charge in [0.1, 0.15) is 11.3 Å². The summed E-state index contributed by atoms with van der Waals surface area (Å²) in [6.45, 7) is 8.52. The van der Waals surface area contributed by atoms with E-state index in [4.69, 9.17) is 4.42 Å². The number of nitrogens with one attached hydrogen (secondary N) is 1. The molecule has 0 radical (unpaired) electrons. The second kappa shape index (κ2) is 6.05. The van der Waals surface area contributed by atoms with E-state index >= 15 is 0 Å². The molecule has 1 atom stereocenters. The van der Waals surface area contributed by atoms with Crippen molar-refractivity contribution in [3.63, 3.8) is 0 Å². The maximum absolute atomic E-state index is 5.82. The normalized spacial score (nSPS) is 13.1. The highest BCUT2D eigenvalue weighted by Gasteiger charge is 2.07. The van der Waals surface area contributed by atoms with Crippen molar-refractivity contribution in [3.05, 3.63) is 35.6 Å². The van der Waals surface area contributed by atoms with Crippen LogP contribution in [0.1, 0.15) is 50.9 Å². The highest BCUT2D eigenvalue weighted by atomic mass is 16.3. The molecule has 18 heavy (non-hydrogen) atoms. The van der Waals surface area contributed by atoms with Gasteiger partial charge in [-0.1, -0.05) is 26.8 Å². The molecule has 0 aliphatic rings. The molecule has 0 saturated heterocycles. The third-order valence-corrected chi connectivity index (χ3v) is 3.50. The zero-order valence-corrected chi connectivity index (χ0v) is 11.6. The van der Waals surface area contributed by atoms with Gasteiger partial charge in [0.2, 0.25) is 0 Å². The lowest BCUT2D eigenvalue weighted by atomic mass is 9.98. The van der Waals surface area contributed by atoms with Crippen molar-refractivity contribution in [2.24, 2.45) is 0 Å². The van der Waals surface area contributed by atoms with Crippen molar-refractivity contribution in [2.75, 3.05) is 6.54 Å². The van der Waals surface area contributed by atoms with Crippen LogP contribution in [0.3, 0.4) is 0 Å². The Kier molecular flexibility index (Phi) is 4.43. The molecule has 0 spiro atoms. The molecule has 0 aliphatic carbocycles. The number of hydrogen-bond donors (Lipinski definition) is 1. The first kappa shape index (κ1) is 13.2. The lowest BCUT2D eigenvalue weighted by Crippen LogP contribution is -2.12. The van der Waals surface area contributed by atoms with Crippen molar-refractivity contribution >= 4 is 11.0 Å². The summed E-state index contributed by atoms with van der Waals surface area (Å²) >= 11 is 0. The molecule has 1 aromatic heterocycles. The lowest BCUT2D eigenvalue weighted by Gasteiger charge is -2.07. The van der Waals surface area contributed by atoms with Gasteiger partial charge in [0.05, 0.1) is 6.54 Å². The molecular formula is C16H23NO. The number of benzene rings is 1. The topological polar surface area (TPSA) is 25.2 Å². The van der Waals surface area contributed by atoms with Gasteiger partial charge in [-0.25, -0.2) is 0 Å². The maximum Gasteiger partial charge on any atom is 0.134 e. The van der Waals surface area contributed by atoms with Gasteiger partial charge in [0.25, 0.3) is 0 Å². The van der Waals surface area contributed by atoms with E-state index in [9.17, 15) is 0 Å². The number of rotatable bonds is 6. The van der Waals surface area contributed by atoms with Gasteiger partial charge in [-0.15, -0.1) is 0 Å². The summed E-state index contributed by atoms with van der Waals surface area (Å²) in [5.74, 6) is 1.64. The molecule has 0 amide bonds. The van der Waals surface area contributed by atoms with Crippen LogP contribution in [0.15, 0.2) is 28.7 Å². The molecule has 1 aromatic carbocycles. The molecule has 0 saturated carbocycles. The summed E-state index contributed by atoms with van der Waals surface area (Å²) in [5, 5.41) is 4.59. The Hall–Kier alpha value is -1.28. The van der Waals surface area contributed by atoms with Crippen LogP contribution in [0.2, 0.25) is 0 Å². The molecule has 1 heterocycles. The number of fused-ring (bicyclic) bond motifs is 1. The minimum atomic E-state index is 0.617. The Morgan fingerprint density at radius 2 is 2.06 bits per heavy atom. The molecule has 1 unspecified atom stereocenters. The SMILES string of the molecule is CCCNCc1cc2cc(C(C)CC)ccc2o1. The van der Waals surface area contributed by atoms with Crippen LogP contribution in [0.4, 0.5) is 0 Å². The lowest BCUT2D eigenvalue weighted by molar-refractivity contribution is 0.513. The van der Waals surface area contributed by atoms with Crippen LogP contribution in [0.25, 0.3) is 11.0 Å². The van der Waals surface area contributed by atoms with Crippen molar-refractivity contribution in [2.45, 2.75) is 46.1 Å². The summed E-state index contributed by atoms with van der Waals surface area (Å²) in [4.78, 5) is 0. The number of furan rings is 1. The van der Waals surface area contributed by atoms with Crippen LogP contribution in [0.5, 0.6) is 0 Å². The molecule has 1 N–H and O–H groups in total. The fourth-order valence-corrected chi connectivity index (χ4v) is 2.13. The van der Waals surface area contributed by atoms with E-state index in [-0.39, 0.29) is 0 Å². The van der Waals surface area contributed by atoms with Crippen molar-refractivity contribution in [1.29, 1.82) is 0 Å². The largest absolute Gasteiger partial charge is 0.460 e. The van der Waals surface area contributed by atoms with Crippen LogP contribution in [-0.2, 0) is 6.54 Å². The van der Waals surface area contributed by atoms with Crippen molar-refractivity contribution in [3.8, 4) is 0 Å². The van der Waals surface area contributed by atoms with Gasteiger partial charge >= 0.3 is 0 Å². The van der Waals surface area contributed by atoms with Gasteiger partial charge in [0, 0.05) is 5.39 Å². The average molecular weight is 245 g/mol. The van der Waals surface area contributed by atoms with E-state index in [1.54, 1.807) is 0 Å². The van der Waals surface area contributed by atoms with Gasteiger partial charge in [0.15, 0.2) is 0 Å². The number of hydrogen-bond acceptors (Lipinski definition) is 2. The maximum atomic E-state index is 5.82. The summed E-state index contributed by atoms with van der Waals surface area (Å²) in [6.07, 6.45) is 2.33. The van der Waals surface area contributed by atoms with Gasteiger partial charge in [-0.3, -0.25) is 0 Å². The molecule has 2 nitrogen and oxygen atoms in total. The summed E-state index contributed by atoms with van der Waals surface area (Å²) < 4.78 is 5.82. The molecule has 2 rings (SSSR count). The third kappa shape index (κ3) is 2.94. The van der Waals surface area contributed by atoms with Gasteiger partial charge < -0.3 is 9.73 Å². The Labute approximate surface area is 109 Å². The fourth-order valence-electron chi connectivity index (χ4n) is 2.13. The van der Waals surface area contributed by atoms with E-state index in [1.165, 1.54) is 17.4 Å². The molecular weight excluding hydrogens is 222 g/mol. The Balaban J connectivity index is 2.17. The Morgan fingerprint density at radius 1 is 1.22 bits per heavy atom. The molecule has 2 aromatic rings. The minimum absolute atomic E-state index is 0.617. The third-order valence-electron chi connectivity index (χ3n) is 3.50. The first-order valence-electron chi connectivity index (χ1n) is 6.97. The van der Waals surface area contributed by atoms with E-state index < -0.39 is 0 Å². The monoisotopic (exact) mass is 245 g/mol. The Morgan fingerprint density at radius 3 is 2.78 bits per heavy atom. The van der Waals surface area contributed by atoms with Crippen LogP contribution >= 0.6 is 0 Å². The predicted molar refractivity (Wildman–Crippen MR) is 76.9 cm³/mol.